The Morgan fingerprint density at radius 1 is 0.978 bits per heavy atom. The summed E-state index contributed by atoms with van der Waals surface area (Å²) in [6, 6.07) is 11.6. The van der Waals surface area contributed by atoms with Gasteiger partial charge in [-0.1, -0.05) is 58.5 Å². The summed E-state index contributed by atoms with van der Waals surface area (Å²) in [5, 5.41) is 10.8. The number of benzene rings is 3. The van der Waals surface area contributed by atoms with Crippen LogP contribution in [-0.4, -0.2) is 44.4 Å². The first-order chi connectivity index (χ1) is 22.0. The van der Waals surface area contributed by atoms with Crippen molar-refractivity contribution < 1.29 is 33.3 Å². The minimum Gasteiger partial charge on any atom is -0.493 e. The van der Waals surface area contributed by atoms with E-state index in [0.717, 1.165) is 0 Å². The molecule has 0 fully saturated rings. The number of hydrogen-bond donors (Lipinski definition) is 3. The van der Waals surface area contributed by atoms with Gasteiger partial charge in [0.05, 0.1) is 36.6 Å². The van der Waals surface area contributed by atoms with Gasteiger partial charge in [-0.15, -0.1) is 0 Å². The fourth-order valence-corrected chi connectivity index (χ4v) is 5.40. The number of halogens is 4. The Morgan fingerprint density at radius 2 is 1.74 bits per heavy atom. The highest BCUT2D eigenvalue weighted by Crippen LogP contribution is 2.35. The number of hydrazone groups is 1. The monoisotopic (exact) mass is 708 g/mol. The van der Waals surface area contributed by atoms with Gasteiger partial charge in [-0.3, -0.25) is 4.79 Å². The average Bonchev–Trinajstić information content (AvgIpc) is 3.00. The fraction of sp³-hybridized carbons (Fsp3) is 0.226. The van der Waals surface area contributed by atoms with E-state index in [0.29, 0.717) is 37.5 Å². The Kier molecular flexibility index (Phi) is 12.0. The van der Waals surface area contributed by atoms with E-state index < -0.39 is 30.6 Å². The largest absolute Gasteiger partial charge is 0.493 e. The molecule has 0 spiro atoms. The van der Waals surface area contributed by atoms with E-state index in [4.69, 9.17) is 65.4 Å². The maximum atomic E-state index is 12.6. The van der Waals surface area contributed by atoms with Gasteiger partial charge in [0.1, 0.15) is 12.4 Å². The number of allylic oxidation sites excluding steroid dienone is 1. The molecule has 3 aromatic rings. The molecule has 0 aliphatic carbocycles. The van der Waals surface area contributed by atoms with Gasteiger partial charge >= 0.3 is 12.0 Å². The van der Waals surface area contributed by atoms with Crippen LogP contribution in [0.25, 0.3) is 0 Å². The van der Waals surface area contributed by atoms with Crippen LogP contribution >= 0.6 is 46.4 Å². The second-order valence-electron chi connectivity index (χ2n) is 9.61. The van der Waals surface area contributed by atoms with E-state index in [1.807, 2.05) is 0 Å². The molecule has 3 aromatic carbocycles. The molecule has 11 nitrogen and oxygen atoms in total. The topological polar surface area (TPSA) is 137 Å². The summed E-state index contributed by atoms with van der Waals surface area (Å²) in [4.78, 5) is 37.4. The van der Waals surface area contributed by atoms with Crippen molar-refractivity contribution in [3.63, 3.8) is 0 Å². The second-order valence-corrected chi connectivity index (χ2v) is 11.3. The number of nitrogens with one attached hydrogen (secondary N) is 3. The molecule has 4 rings (SSSR count). The van der Waals surface area contributed by atoms with Crippen molar-refractivity contribution in [2.75, 3.05) is 20.3 Å². The van der Waals surface area contributed by atoms with Gasteiger partial charge in [0.15, 0.2) is 18.1 Å². The van der Waals surface area contributed by atoms with Crippen molar-refractivity contribution >= 4 is 70.5 Å². The van der Waals surface area contributed by atoms with Crippen LogP contribution in [0.3, 0.4) is 0 Å². The van der Waals surface area contributed by atoms with Crippen molar-refractivity contribution in [3.05, 3.63) is 96.6 Å². The van der Waals surface area contributed by atoms with Crippen LogP contribution in [-0.2, 0) is 20.9 Å². The average molecular weight is 710 g/mol. The smallest absolute Gasteiger partial charge is 0.338 e. The number of carbonyl (C=O) groups is 3. The van der Waals surface area contributed by atoms with E-state index in [1.54, 1.807) is 56.3 Å². The van der Waals surface area contributed by atoms with Crippen molar-refractivity contribution in [2.24, 2.45) is 5.10 Å². The number of urea groups is 1. The van der Waals surface area contributed by atoms with Gasteiger partial charge in [0, 0.05) is 31.9 Å². The van der Waals surface area contributed by atoms with E-state index in [-0.39, 0.29) is 41.1 Å². The third kappa shape index (κ3) is 8.76. The maximum absolute atomic E-state index is 12.6. The Balaban J connectivity index is 1.42. The molecule has 0 radical (unpaired) electrons. The minimum atomic E-state index is -0.801. The van der Waals surface area contributed by atoms with Gasteiger partial charge in [-0.05, 0) is 55.8 Å². The number of ether oxygens (including phenoxy) is 4. The number of esters is 1. The third-order valence-electron chi connectivity index (χ3n) is 6.46. The summed E-state index contributed by atoms with van der Waals surface area (Å²) < 4.78 is 22.2. The van der Waals surface area contributed by atoms with Crippen LogP contribution in [0.15, 0.2) is 64.9 Å². The van der Waals surface area contributed by atoms with Gasteiger partial charge in [-0.25, -0.2) is 15.0 Å². The van der Waals surface area contributed by atoms with Crippen LogP contribution in [0.5, 0.6) is 17.2 Å². The minimum absolute atomic E-state index is 0.0864. The number of amides is 3. The standard InChI is InChI=1S/C31H28Cl4N4O7/c1-4-44-30(41)27-16(2)37-31(42)38-28(27)17-6-8-24(25(10-17)43-3)45-15-26(40)39-36-13-19-9-21(33)12-23(35)29(19)46-14-18-5-7-20(32)11-22(18)34/h5-13,28H,4,14-15H2,1-3H3,(H,39,40)(H2,37,38,42)/b36-13+/t28-/m0/s1. The van der Waals surface area contributed by atoms with Crippen LogP contribution in [0.1, 0.15) is 36.6 Å². The molecule has 0 unspecified atom stereocenters. The van der Waals surface area contributed by atoms with Crippen LogP contribution in [0.2, 0.25) is 20.1 Å². The molecular weight excluding hydrogens is 682 g/mol. The zero-order chi connectivity index (χ0) is 33.4. The lowest BCUT2D eigenvalue weighted by molar-refractivity contribution is -0.139. The molecule has 3 N–H and O–H groups in total. The van der Waals surface area contributed by atoms with Crippen LogP contribution in [0.4, 0.5) is 4.79 Å². The molecule has 0 saturated carbocycles. The number of carbonyl (C=O) groups excluding carboxylic acids is 3. The summed E-state index contributed by atoms with van der Waals surface area (Å²) >= 11 is 24.8. The zero-order valence-corrected chi connectivity index (χ0v) is 27.7. The highest BCUT2D eigenvalue weighted by molar-refractivity contribution is 6.36. The van der Waals surface area contributed by atoms with Crippen molar-refractivity contribution in [1.82, 2.24) is 16.1 Å². The molecule has 0 bridgehead atoms. The molecule has 1 heterocycles. The molecule has 1 aliphatic rings. The lowest BCUT2D eigenvalue weighted by Gasteiger charge is -2.28. The lowest BCUT2D eigenvalue weighted by Crippen LogP contribution is -2.45. The number of hydrogen-bond acceptors (Lipinski definition) is 8. The summed E-state index contributed by atoms with van der Waals surface area (Å²) in [6.07, 6.45) is 1.33. The lowest BCUT2D eigenvalue weighted by atomic mass is 9.95. The zero-order valence-electron chi connectivity index (χ0n) is 24.7. The maximum Gasteiger partial charge on any atom is 0.338 e. The SMILES string of the molecule is CCOC(=O)C1=C(C)NC(=O)N[C@H]1c1ccc(OCC(=O)N/N=C/c2cc(Cl)cc(Cl)c2OCc2ccc(Cl)cc2Cl)c(OC)c1. The molecule has 15 heteroatoms. The summed E-state index contributed by atoms with van der Waals surface area (Å²) in [6.45, 7) is 3.13. The molecule has 0 aromatic heterocycles. The van der Waals surface area contributed by atoms with E-state index in [1.165, 1.54) is 19.4 Å². The van der Waals surface area contributed by atoms with Gasteiger partial charge in [-0.2, -0.15) is 5.10 Å². The fourth-order valence-electron chi connectivity index (χ4n) is 4.37. The molecule has 1 atom stereocenters. The number of nitrogens with zero attached hydrogens (tertiary/aromatic N) is 1. The Labute approximate surface area is 284 Å². The van der Waals surface area contributed by atoms with Crippen molar-refractivity contribution in [2.45, 2.75) is 26.5 Å². The number of methoxy groups -OCH3 is 1. The Morgan fingerprint density at radius 3 is 2.46 bits per heavy atom. The molecule has 1 aliphatic heterocycles. The molecular formula is C31H28Cl4N4O7. The number of rotatable bonds is 12. The van der Waals surface area contributed by atoms with Gasteiger partial charge < -0.3 is 29.6 Å². The molecule has 0 saturated heterocycles. The summed E-state index contributed by atoms with van der Waals surface area (Å²) in [5.74, 6) is -0.378. The predicted molar refractivity (Wildman–Crippen MR) is 175 cm³/mol. The van der Waals surface area contributed by atoms with Gasteiger partial charge in [0.25, 0.3) is 5.91 Å². The third-order valence-corrected chi connectivity index (χ3v) is 7.55. The highest BCUT2D eigenvalue weighted by Gasteiger charge is 2.32. The van der Waals surface area contributed by atoms with Gasteiger partial charge in [0.2, 0.25) is 0 Å². The first kappa shape index (κ1) is 34.7. The molecule has 46 heavy (non-hydrogen) atoms. The van der Waals surface area contributed by atoms with Crippen molar-refractivity contribution in [3.8, 4) is 17.2 Å². The first-order valence-electron chi connectivity index (χ1n) is 13.6. The Hall–Kier alpha value is -4.16. The quantitative estimate of drug-likeness (QED) is 0.109. The van der Waals surface area contributed by atoms with Crippen LogP contribution < -0.4 is 30.3 Å². The second kappa shape index (κ2) is 15.9. The first-order valence-corrected chi connectivity index (χ1v) is 15.2. The summed E-state index contributed by atoms with van der Waals surface area (Å²) in [7, 11) is 1.42. The van der Waals surface area contributed by atoms with E-state index >= 15 is 0 Å². The van der Waals surface area contributed by atoms with Crippen molar-refractivity contribution in [1.29, 1.82) is 0 Å². The molecule has 242 valence electrons. The normalized spacial score (nSPS) is 14.4. The Bertz CT molecular complexity index is 1710. The predicted octanol–water partition coefficient (Wildman–Crippen LogP) is 6.61. The van der Waals surface area contributed by atoms with E-state index in [2.05, 4.69) is 21.2 Å². The highest BCUT2D eigenvalue weighted by atomic mass is 35.5. The van der Waals surface area contributed by atoms with Crippen LogP contribution in [0, 0.1) is 0 Å². The van der Waals surface area contributed by atoms with E-state index in [9.17, 15) is 14.4 Å². The summed E-state index contributed by atoms with van der Waals surface area (Å²) in [5.41, 5.74) is 4.60. The molecule has 3 amide bonds.